The number of sulfone groups is 2. The van der Waals surface area contributed by atoms with Crippen molar-refractivity contribution in [3.05, 3.63) is 24.3 Å². The zero-order chi connectivity index (χ0) is 22.2. The van der Waals surface area contributed by atoms with E-state index in [0.29, 0.717) is 37.4 Å². The molecule has 1 aromatic heterocycles. The Kier molecular flexibility index (Phi) is 6.03. The fourth-order valence-electron chi connectivity index (χ4n) is 3.10. The molecule has 0 atom stereocenters. The smallest absolute Gasteiger partial charge is 0.247 e. The van der Waals surface area contributed by atoms with Crippen LogP contribution in [0.4, 0.5) is 5.95 Å². The first-order valence-electron chi connectivity index (χ1n) is 9.29. The van der Waals surface area contributed by atoms with Gasteiger partial charge in [0.1, 0.15) is 4.75 Å². The Labute approximate surface area is 175 Å². The molecule has 10 nitrogen and oxygen atoms in total. The molecule has 164 valence electrons. The molecule has 30 heavy (non-hydrogen) atoms. The number of carbonyl (C=O) groups excluding carboxylic acids is 1. The van der Waals surface area contributed by atoms with Gasteiger partial charge in [-0.25, -0.2) is 16.8 Å². The van der Waals surface area contributed by atoms with E-state index >= 15 is 0 Å². The van der Waals surface area contributed by atoms with E-state index in [2.05, 4.69) is 20.5 Å². The second-order valence-electron chi connectivity index (χ2n) is 7.64. The molecule has 3 rings (SSSR count). The van der Waals surface area contributed by atoms with Crippen molar-refractivity contribution in [1.82, 2.24) is 15.2 Å². The van der Waals surface area contributed by atoms with Crippen LogP contribution in [-0.4, -0.2) is 67.4 Å². The highest BCUT2D eigenvalue weighted by molar-refractivity contribution is 7.94. The topological polar surface area (TPSA) is 148 Å². The van der Waals surface area contributed by atoms with Crippen LogP contribution in [0.5, 0.6) is 0 Å². The molecule has 0 radical (unpaired) electrons. The van der Waals surface area contributed by atoms with Crippen LogP contribution in [0.25, 0.3) is 11.4 Å². The Balaban J connectivity index is 1.75. The number of amides is 1. The van der Waals surface area contributed by atoms with Gasteiger partial charge in [-0.05, 0) is 51.0 Å². The minimum atomic E-state index is -3.76. The number of aromatic nitrogens is 3. The molecule has 2 N–H and O–H groups in total. The van der Waals surface area contributed by atoms with Gasteiger partial charge in [0.2, 0.25) is 11.9 Å². The number of benzene rings is 1. The standard InChI is InChI=1S/C18H24N4O6S2/c1-18(2,30(26,27)14-8-10-28-11-9-14)16(23)20-17-19-15(21-22-17)12-4-6-13(7-5-12)29(3,24)25/h4-7,14H,8-11H2,1-3H3,(H2,19,20,21,22,23). The van der Waals surface area contributed by atoms with Crippen LogP contribution in [-0.2, 0) is 29.2 Å². The van der Waals surface area contributed by atoms with E-state index in [9.17, 15) is 21.6 Å². The molecule has 0 bridgehead atoms. The fraction of sp³-hybridized carbons (Fsp3) is 0.500. The molecule has 1 amide bonds. The number of nitrogens with zero attached hydrogens (tertiary/aromatic N) is 2. The van der Waals surface area contributed by atoms with Gasteiger partial charge in [0.15, 0.2) is 25.5 Å². The van der Waals surface area contributed by atoms with Gasteiger partial charge in [0, 0.05) is 25.0 Å². The van der Waals surface area contributed by atoms with Crippen molar-refractivity contribution in [2.45, 2.75) is 41.6 Å². The first-order chi connectivity index (χ1) is 13.9. The third-order valence-corrected chi connectivity index (χ3v) is 9.23. The predicted molar refractivity (Wildman–Crippen MR) is 110 cm³/mol. The van der Waals surface area contributed by atoms with Crippen molar-refractivity contribution < 1.29 is 26.4 Å². The molecule has 1 saturated heterocycles. The maximum Gasteiger partial charge on any atom is 0.247 e. The summed E-state index contributed by atoms with van der Waals surface area (Å²) in [5.41, 5.74) is 0.560. The lowest BCUT2D eigenvalue weighted by atomic mass is 10.2. The molecule has 1 fully saturated rings. The summed E-state index contributed by atoms with van der Waals surface area (Å²) in [4.78, 5) is 15.7. The first-order valence-corrected chi connectivity index (χ1v) is 12.7. The van der Waals surface area contributed by atoms with Crippen LogP contribution < -0.4 is 5.32 Å². The summed E-state index contributed by atoms with van der Waals surface area (Å²) >= 11 is 0. The van der Waals surface area contributed by atoms with Crippen LogP contribution in [0.3, 0.4) is 0 Å². The lowest BCUT2D eigenvalue weighted by molar-refractivity contribution is -0.117. The van der Waals surface area contributed by atoms with Crippen molar-refractivity contribution in [1.29, 1.82) is 0 Å². The summed E-state index contributed by atoms with van der Waals surface area (Å²) < 4.78 is 52.6. The number of carbonyl (C=O) groups is 1. The van der Waals surface area contributed by atoms with Gasteiger partial charge in [-0.1, -0.05) is 0 Å². The van der Waals surface area contributed by atoms with Crippen LogP contribution in [0, 0.1) is 0 Å². The fourth-order valence-corrected chi connectivity index (χ4v) is 5.68. The van der Waals surface area contributed by atoms with Gasteiger partial charge in [0.05, 0.1) is 10.1 Å². The summed E-state index contributed by atoms with van der Waals surface area (Å²) in [6.07, 6.45) is 1.82. The van der Waals surface area contributed by atoms with Crippen molar-refractivity contribution in [2.75, 3.05) is 24.8 Å². The molecule has 12 heteroatoms. The van der Waals surface area contributed by atoms with Gasteiger partial charge < -0.3 is 9.72 Å². The summed E-state index contributed by atoms with van der Waals surface area (Å²) in [6, 6.07) is 5.99. The minimum Gasteiger partial charge on any atom is -0.381 e. The highest BCUT2D eigenvalue weighted by Crippen LogP contribution is 2.28. The lowest BCUT2D eigenvalue weighted by Gasteiger charge is -2.30. The maximum absolute atomic E-state index is 13.0. The number of aromatic amines is 1. The average molecular weight is 457 g/mol. The van der Waals surface area contributed by atoms with Gasteiger partial charge >= 0.3 is 0 Å². The zero-order valence-electron chi connectivity index (χ0n) is 16.9. The molecule has 0 unspecified atom stereocenters. The molecule has 0 saturated carbocycles. The molecule has 2 heterocycles. The van der Waals surface area contributed by atoms with E-state index in [1.54, 1.807) is 12.1 Å². The molecule has 0 aliphatic carbocycles. The van der Waals surface area contributed by atoms with Crippen LogP contribution >= 0.6 is 0 Å². The average Bonchev–Trinajstić information content (AvgIpc) is 3.16. The van der Waals surface area contributed by atoms with Gasteiger partial charge in [-0.2, -0.15) is 0 Å². The van der Waals surface area contributed by atoms with Crippen LogP contribution in [0.15, 0.2) is 29.2 Å². The molecule has 0 spiro atoms. The minimum absolute atomic E-state index is 0.00237. The van der Waals surface area contributed by atoms with Gasteiger partial charge in [-0.3, -0.25) is 10.1 Å². The number of hydrogen-bond acceptors (Lipinski definition) is 8. The van der Waals surface area contributed by atoms with E-state index in [1.807, 2.05) is 0 Å². The van der Waals surface area contributed by atoms with Crippen molar-refractivity contribution in [3.8, 4) is 11.4 Å². The molecule has 2 aromatic rings. The van der Waals surface area contributed by atoms with Crippen LogP contribution in [0.2, 0.25) is 0 Å². The van der Waals surface area contributed by atoms with Crippen LogP contribution in [0.1, 0.15) is 26.7 Å². The van der Waals surface area contributed by atoms with E-state index in [1.165, 1.54) is 26.0 Å². The monoisotopic (exact) mass is 456 g/mol. The highest BCUT2D eigenvalue weighted by atomic mass is 32.2. The Morgan fingerprint density at radius 1 is 1.10 bits per heavy atom. The largest absolute Gasteiger partial charge is 0.381 e. The normalized spacial score (nSPS) is 16.4. The number of H-pyrrole nitrogens is 1. The van der Waals surface area contributed by atoms with Gasteiger partial charge in [-0.15, -0.1) is 10.2 Å². The van der Waals surface area contributed by atoms with Crippen molar-refractivity contribution in [3.63, 3.8) is 0 Å². The van der Waals surface area contributed by atoms with E-state index in [0.717, 1.165) is 6.26 Å². The van der Waals surface area contributed by atoms with E-state index in [4.69, 9.17) is 4.74 Å². The first kappa shape index (κ1) is 22.4. The number of ether oxygens (including phenoxy) is 1. The number of hydrogen-bond donors (Lipinski definition) is 2. The third kappa shape index (κ3) is 4.40. The third-order valence-electron chi connectivity index (χ3n) is 5.14. The summed E-state index contributed by atoms with van der Waals surface area (Å²) in [6.45, 7) is 3.44. The summed E-state index contributed by atoms with van der Waals surface area (Å²) in [5, 5.41) is 9.62. The number of rotatable bonds is 6. The molecular formula is C18H24N4O6S2. The zero-order valence-corrected chi connectivity index (χ0v) is 18.5. The Bertz CT molecular complexity index is 1130. The second-order valence-corrected chi connectivity index (χ2v) is 12.4. The highest BCUT2D eigenvalue weighted by Gasteiger charge is 2.46. The van der Waals surface area contributed by atoms with E-state index in [-0.39, 0.29) is 10.8 Å². The molecular weight excluding hydrogens is 432 g/mol. The van der Waals surface area contributed by atoms with Crippen molar-refractivity contribution in [2.24, 2.45) is 0 Å². The Morgan fingerprint density at radius 2 is 1.70 bits per heavy atom. The molecule has 1 aliphatic rings. The van der Waals surface area contributed by atoms with Crippen molar-refractivity contribution >= 4 is 31.5 Å². The Hall–Kier alpha value is -2.31. The summed E-state index contributed by atoms with van der Waals surface area (Å²) in [5.74, 6) is -0.419. The van der Waals surface area contributed by atoms with Gasteiger partial charge in [0.25, 0.3) is 0 Å². The second kappa shape index (κ2) is 8.08. The number of anilines is 1. The summed E-state index contributed by atoms with van der Waals surface area (Å²) in [7, 11) is -7.08. The van der Waals surface area contributed by atoms with E-state index < -0.39 is 35.6 Å². The quantitative estimate of drug-likeness (QED) is 0.658. The lowest BCUT2D eigenvalue weighted by Crippen LogP contribution is -2.50. The number of nitrogens with one attached hydrogen (secondary N) is 2. The SMILES string of the molecule is CC(C)(C(=O)Nc1nnc(-c2ccc(S(C)(=O)=O)cc2)[nH]1)S(=O)(=O)C1CCOCC1. The molecule has 1 aliphatic heterocycles. The maximum atomic E-state index is 13.0. The Morgan fingerprint density at radius 3 is 2.27 bits per heavy atom. The predicted octanol–water partition coefficient (Wildman–Crippen LogP) is 1.19. The molecule has 1 aromatic carbocycles.